The van der Waals surface area contributed by atoms with Gasteiger partial charge in [-0.05, 0) is 55.9 Å². The lowest BCUT2D eigenvalue weighted by Gasteiger charge is -2.31. The lowest BCUT2D eigenvalue weighted by molar-refractivity contribution is -0.126. The summed E-state index contributed by atoms with van der Waals surface area (Å²) in [7, 11) is 0. The van der Waals surface area contributed by atoms with E-state index >= 15 is 0 Å². The molecule has 2 amide bonds. The summed E-state index contributed by atoms with van der Waals surface area (Å²) in [6.07, 6.45) is 3.73. The molecule has 5 heteroatoms. The lowest BCUT2D eigenvalue weighted by atomic mass is 9.95. The quantitative estimate of drug-likeness (QED) is 0.740. The van der Waals surface area contributed by atoms with Gasteiger partial charge in [0.15, 0.2) is 0 Å². The van der Waals surface area contributed by atoms with E-state index in [9.17, 15) is 14.0 Å². The van der Waals surface area contributed by atoms with Crippen LogP contribution in [-0.2, 0) is 11.2 Å². The van der Waals surface area contributed by atoms with Crippen molar-refractivity contribution in [1.82, 2.24) is 10.2 Å². The number of amides is 2. The first-order valence-electron chi connectivity index (χ1n) is 10.0. The van der Waals surface area contributed by atoms with Crippen LogP contribution in [-0.4, -0.2) is 36.3 Å². The van der Waals surface area contributed by atoms with Crippen LogP contribution in [0.2, 0.25) is 0 Å². The van der Waals surface area contributed by atoms with Crippen LogP contribution in [0, 0.1) is 11.7 Å². The SMILES string of the molecule is O=C(NCCCCc1ccccc1F)C1CCN(C(=O)c2ccccc2)CC1. The molecule has 1 heterocycles. The Morgan fingerprint density at radius 1 is 0.964 bits per heavy atom. The molecule has 0 aromatic heterocycles. The zero-order valence-electron chi connectivity index (χ0n) is 16.1. The molecule has 0 spiro atoms. The van der Waals surface area contributed by atoms with E-state index in [0.29, 0.717) is 44.5 Å². The summed E-state index contributed by atoms with van der Waals surface area (Å²) in [6, 6.07) is 16.1. The van der Waals surface area contributed by atoms with Crippen molar-refractivity contribution in [1.29, 1.82) is 0 Å². The number of likely N-dealkylation sites (tertiary alicyclic amines) is 1. The fourth-order valence-electron chi connectivity index (χ4n) is 3.61. The maximum Gasteiger partial charge on any atom is 0.253 e. The number of halogens is 1. The molecule has 0 atom stereocenters. The van der Waals surface area contributed by atoms with Crippen LogP contribution in [0.4, 0.5) is 4.39 Å². The minimum Gasteiger partial charge on any atom is -0.356 e. The standard InChI is InChI=1S/C23H27FN2O2/c24-21-12-5-4-8-18(21)9-6-7-15-25-22(27)19-13-16-26(17-14-19)23(28)20-10-2-1-3-11-20/h1-5,8,10-12,19H,6-7,9,13-17H2,(H,25,27). The van der Waals surface area contributed by atoms with Crippen molar-refractivity contribution in [2.75, 3.05) is 19.6 Å². The van der Waals surface area contributed by atoms with Gasteiger partial charge in [0.1, 0.15) is 5.82 Å². The second-order valence-electron chi connectivity index (χ2n) is 7.27. The molecule has 0 bridgehead atoms. The highest BCUT2D eigenvalue weighted by Gasteiger charge is 2.27. The van der Waals surface area contributed by atoms with E-state index in [2.05, 4.69) is 5.32 Å². The highest BCUT2D eigenvalue weighted by molar-refractivity contribution is 5.94. The Labute approximate surface area is 165 Å². The Balaban J connectivity index is 1.34. The number of benzene rings is 2. The third-order valence-electron chi connectivity index (χ3n) is 5.30. The van der Waals surface area contributed by atoms with Gasteiger partial charge in [0.05, 0.1) is 0 Å². The molecule has 0 aliphatic carbocycles. The maximum atomic E-state index is 13.6. The second-order valence-corrected chi connectivity index (χ2v) is 7.27. The minimum absolute atomic E-state index is 0.0348. The summed E-state index contributed by atoms with van der Waals surface area (Å²) in [4.78, 5) is 26.6. The molecular weight excluding hydrogens is 355 g/mol. The zero-order chi connectivity index (χ0) is 19.8. The molecule has 0 radical (unpaired) electrons. The van der Waals surface area contributed by atoms with E-state index in [-0.39, 0.29) is 23.5 Å². The molecule has 4 nitrogen and oxygen atoms in total. The van der Waals surface area contributed by atoms with E-state index in [4.69, 9.17) is 0 Å². The number of carbonyl (C=O) groups is 2. The lowest BCUT2D eigenvalue weighted by Crippen LogP contribution is -2.43. The molecule has 1 aliphatic rings. The van der Waals surface area contributed by atoms with Gasteiger partial charge in [0.25, 0.3) is 5.91 Å². The van der Waals surface area contributed by atoms with Gasteiger partial charge in [0.2, 0.25) is 5.91 Å². The van der Waals surface area contributed by atoms with Crippen LogP contribution >= 0.6 is 0 Å². The van der Waals surface area contributed by atoms with Crippen molar-refractivity contribution in [3.63, 3.8) is 0 Å². The third-order valence-corrected chi connectivity index (χ3v) is 5.30. The summed E-state index contributed by atoms with van der Waals surface area (Å²) in [5.41, 5.74) is 1.42. The zero-order valence-corrected chi connectivity index (χ0v) is 16.1. The molecule has 1 fully saturated rings. The molecule has 148 valence electrons. The van der Waals surface area contributed by atoms with E-state index < -0.39 is 0 Å². The average molecular weight is 382 g/mol. The Bertz CT molecular complexity index is 786. The molecule has 3 rings (SSSR count). The fourth-order valence-corrected chi connectivity index (χ4v) is 3.61. The smallest absolute Gasteiger partial charge is 0.253 e. The van der Waals surface area contributed by atoms with Gasteiger partial charge in [-0.1, -0.05) is 36.4 Å². The number of aryl methyl sites for hydroxylation is 1. The highest BCUT2D eigenvalue weighted by Crippen LogP contribution is 2.19. The fraction of sp³-hybridized carbons (Fsp3) is 0.391. The van der Waals surface area contributed by atoms with Gasteiger partial charge >= 0.3 is 0 Å². The van der Waals surface area contributed by atoms with Gasteiger partial charge in [-0.25, -0.2) is 4.39 Å². The molecule has 1 N–H and O–H groups in total. The van der Waals surface area contributed by atoms with Gasteiger partial charge < -0.3 is 10.2 Å². The number of piperidine rings is 1. The number of hydrogen-bond donors (Lipinski definition) is 1. The van der Waals surface area contributed by atoms with Crippen LogP contribution in [0.15, 0.2) is 54.6 Å². The van der Waals surface area contributed by atoms with Gasteiger partial charge in [-0.15, -0.1) is 0 Å². The first-order chi connectivity index (χ1) is 13.6. The molecule has 1 aliphatic heterocycles. The monoisotopic (exact) mass is 382 g/mol. The van der Waals surface area contributed by atoms with Crippen molar-refractivity contribution in [3.8, 4) is 0 Å². The molecule has 28 heavy (non-hydrogen) atoms. The third kappa shape index (κ3) is 5.41. The Morgan fingerprint density at radius 3 is 2.36 bits per heavy atom. The largest absolute Gasteiger partial charge is 0.356 e. The average Bonchev–Trinajstić information content (AvgIpc) is 2.75. The van der Waals surface area contributed by atoms with Crippen molar-refractivity contribution in [2.45, 2.75) is 32.1 Å². The molecule has 2 aromatic carbocycles. The van der Waals surface area contributed by atoms with Gasteiger partial charge in [-0.3, -0.25) is 9.59 Å². The summed E-state index contributed by atoms with van der Waals surface area (Å²) in [6.45, 7) is 1.83. The summed E-state index contributed by atoms with van der Waals surface area (Å²) >= 11 is 0. The van der Waals surface area contributed by atoms with Gasteiger partial charge in [-0.2, -0.15) is 0 Å². The van der Waals surface area contributed by atoms with Crippen LogP contribution in [0.25, 0.3) is 0 Å². The normalized spacial score (nSPS) is 14.7. The first-order valence-corrected chi connectivity index (χ1v) is 10.0. The number of hydrogen-bond acceptors (Lipinski definition) is 2. The topological polar surface area (TPSA) is 49.4 Å². The Kier molecular flexibility index (Phi) is 7.18. The summed E-state index contributed by atoms with van der Waals surface area (Å²) < 4.78 is 13.6. The van der Waals surface area contributed by atoms with E-state index in [1.807, 2.05) is 41.3 Å². The van der Waals surface area contributed by atoms with E-state index in [1.54, 1.807) is 12.1 Å². The molecule has 0 unspecified atom stereocenters. The second kappa shape index (κ2) is 10.0. The number of rotatable bonds is 7. The number of nitrogens with one attached hydrogen (secondary N) is 1. The molecule has 2 aromatic rings. The molecule has 1 saturated heterocycles. The van der Waals surface area contributed by atoms with Crippen molar-refractivity contribution in [3.05, 3.63) is 71.5 Å². The van der Waals surface area contributed by atoms with Crippen molar-refractivity contribution >= 4 is 11.8 Å². The van der Waals surface area contributed by atoms with E-state index in [1.165, 1.54) is 6.07 Å². The van der Waals surface area contributed by atoms with Crippen LogP contribution in [0.5, 0.6) is 0 Å². The molecule has 0 saturated carbocycles. The molecular formula is C23H27FN2O2. The van der Waals surface area contributed by atoms with Crippen LogP contribution in [0.3, 0.4) is 0 Å². The Hall–Kier alpha value is -2.69. The van der Waals surface area contributed by atoms with Crippen molar-refractivity contribution in [2.24, 2.45) is 5.92 Å². The minimum atomic E-state index is -0.164. The van der Waals surface area contributed by atoms with E-state index in [0.717, 1.165) is 18.4 Å². The number of nitrogens with zero attached hydrogens (tertiary/aromatic N) is 1. The highest BCUT2D eigenvalue weighted by atomic mass is 19.1. The van der Waals surface area contributed by atoms with Crippen molar-refractivity contribution < 1.29 is 14.0 Å². The first kappa shape index (κ1) is 20.1. The predicted molar refractivity (Wildman–Crippen MR) is 107 cm³/mol. The maximum absolute atomic E-state index is 13.6. The van der Waals surface area contributed by atoms with Crippen LogP contribution in [0.1, 0.15) is 41.6 Å². The summed E-state index contributed by atoms with van der Waals surface area (Å²) in [5.74, 6) is -0.0972. The number of unbranched alkanes of at least 4 members (excludes halogenated alkanes) is 1. The predicted octanol–water partition coefficient (Wildman–Crippen LogP) is 3.82. The Morgan fingerprint density at radius 2 is 1.64 bits per heavy atom. The van der Waals surface area contributed by atoms with Gasteiger partial charge in [0, 0.05) is 31.1 Å². The number of carbonyl (C=O) groups excluding carboxylic acids is 2. The summed E-state index contributed by atoms with van der Waals surface area (Å²) in [5, 5.41) is 2.99. The van der Waals surface area contributed by atoms with Crippen LogP contribution < -0.4 is 5.32 Å².